The monoisotopic (exact) mass is 353 g/mol. The first-order valence-electron chi connectivity index (χ1n) is 8.97. The number of hydrogen-bond acceptors (Lipinski definition) is 4. The van der Waals surface area contributed by atoms with Crippen LogP contribution in [0.1, 0.15) is 86.5 Å². The maximum atomic E-state index is 12.3. The van der Waals surface area contributed by atoms with Gasteiger partial charge in [0.1, 0.15) is 5.00 Å². The Kier molecular flexibility index (Phi) is 9.04. The molecular weight excluding hydrogens is 322 g/mol. The first-order valence-corrected chi connectivity index (χ1v) is 9.79. The summed E-state index contributed by atoms with van der Waals surface area (Å²) in [6.07, 6.45) is 7.22. The quantitative estimate of drug-likeness (QED) is 0.439. The van der Waals surface area contributed by atoms with E-state index in [9.17, 15) is 9.59 Å². The molecule has 1 aromatic heterocycles. The van der Waals surface area contributed by atoms with Crippen molar-refractivity contribution in [3.8, 4) is 0 Å². The summed E-state index contributed by atoms with van der Waals surface area (Å²) in [6.45, 7) is 9.69. The number of carbonyl (C=O) groups is 2. The molecule has 0 spiro atoms. The van der Waals surface area contributed by atoms with E-state index < -0.39 is 0 Å². The number of unbranched alkanes of at least 4 members (excludes halogenated alkanes) is 5. The lowest BCUT2D eigenvalue weighted by atomic mass is 10.1. The molecule has 5 heteroatoms. The molecular formula is C19H31NO3S. The number of carbonyl (C=O) groups excluding carboxylic acids is 2. The molecule has 136 valence electrons. The number of aryl methyl sites for hydroxylation is 1. The predicted octanol–water partition coefficient (Wildman–Crippen LogP) is 5.62. The van der Waals surface area contributed by atoms with Crippen LogP contribution in [0.2, 0.25) is 0 Å². The van der Waals surface area contributed by atoms with Crippen molar-refractivity contribution in [1.29, 1.82) is 0 Å². The molecule has 0 saturated heterocycles. The molecule has 0 aliphatic heterocycles. The summed E-state index contributed by atoms with van der Waals surface area (Å²) in [7, 11) is 0. The predicted molar refractivity (Wildman–Crippen MR) is 101 cm³/mol. The van der Waals surface area contributed by atoms with E-state index in [2.05, 4.69) is 12.2 Å². The minimum Gasteiger partial charge on any atom is -0.459 e. The van der Waals surface area contributed by atoms with Gasteiger partial charge in [-0.25, -0.2) is 4.79 Å². The smallest absolute Gasteiger partial charge is 0.341 e. The molecule has 1 rings (SSSR count). The van der Waals surface area contributed by atoms with Crippen molar-refractivity contribution >= 4 is 28.2 Å². The van der Waals surface area contributed by atoms with Crippen LogP contribution in [0.4, 0.5) is 5.00 Å². The molecule has 4 nitrogen and oxygen atoms in total. The number of thiophene rings is 1. The van der Waals surface area contributed by atoms with Crippen LogP contribution >= 0.6 is 11.3 Å². The fourth-order valence-electron chi connectivity index (χ4n) is 2.49. The normalized spacial score (nSPS) is 10.9. The van der Waals surface area contributed by atoms with Crippen molar-refractivity contribution in [3.63, 3.8) is 0 Å². The standard InChI is InChI=1S/C19H31NO3S/c1-6-7-8-9-10-11-12-16(21)20-18-17(14(4)15(5)24-18)19(22)23-13(2)3/h13H,6-12H2,1-5H3,(H,20,21). The van der Waals surface area contributed by atoms with Crippen LogP contribution in [0.15, 0.2) is 0 Å². The van der Waals surface area contributed by atoms with Gasteiger partial charge in [0.05, 0.1) is 11.7 Å². The lowest BCUT2D eigenvalue weighted by Crippen LogP contribution is -2.16. The molecule has 0 atom stereocenters. The van der Waals surface area contributed by atoms with Gasteiger partial charge in [0.15, 0.2) is 0 Å². The second-order valence-electron chi connectivity index (χ2n) is 6.51. The van der Waals surface area contributed by atoms with Gasteiger partial charge in [-0.1, -0.05) is 39.0 Å². The van der Waals surface area contributed by atoms with Crippen LogP contribution in [0.3, 0.4) is 0 Å². The van der Waals surface area contributed by atoms with Crippen LogP contribution in [-0.4, -0.2) is 18.0 Å². The third-order valence-corrected chi connectivity index (χ3v) is 5.07. The Bertz CT molecular complexity index is 549. The Hall–Kier alpha value is -1.36. The van der Waals surface area contributed by atoms with E-state index in [-0.39, 0.29) is 18.0 Å². The van der Waals surface area contributed by atoms with Crippen molar-refractivity contribution in [2.45, 2.75) is 85.7 Å². The average Bonchev–Trinajstić information content (AvgIpc) is 2.76. The highest BCUT2D eigenvalue weighted by atomic mass is 32.1. The third kappa shape index (κ3) is 6.63. The highest BCUT2D eigenvalue weighted by molar-refractivity contribution is 7.16. The first-order chi connectivity index (χ1) is 11.4. The zero-order valence-corrected chi connectivity index (χ0v) is 16.5. The number of hydrogen-bond donors (Lipinski definition) is 1. The minimum absolute atomic E-state index is 0.0228. The maximum absolute atomic E-state index is 12.3. The van der Waals surface area contributed by atoms with Crippen molar-refractivity contribution in [1.82, 2.24) is 0 Å². The number of amides is 1. The molecule has 0 saturated carbocycles. The fraction of sp³-hybridized carbons (Fsp3) is 0.684. The van der Waals surface area contributed by atoms with Gasteiger partial charge in [-0.15, -0.1) is 11.3 Å². The summed E-state index contributed by atoms with van der Waals surface area (Å²) in [5.74, 6) is -0.382. The number of nitrogens with one attached hydrogen (secondary N) is 1. The fourth-order valence-corrected chi connectivity index (χ4v) is 3.55. The van der Waals surface area contributed by atoms with Crippen LogP contribution in [0, 0.1) is 13.8 Å². The maximum Gasteiger partial charge on any atom is 0.341 e. The van der Waals surface area contributed by atoms with Gasteiger partial charge in [0.2, 0.25) is 5.91 Å². The molecule has 1 aromatic rings. The van der Waals surface area contributed by atoms with Gasteiger partial charge in [0.25, 0.3) is 0 Å². The SMILES string of the molecule is CCCCCCCCC(=O)Nc1sc(C)c(C)c1C(=O)OC(C)C. The average molecular weight is 354 g/mol. The molecule has 0 radical (unpaired) electrons. The molecule has 0 bridgehead atoms. The van der Waals surface area contributed by atoms with E-state index in [1.165, 1.54) is 37.0 Å². The van der Waals surface area contributed by atoms with Gasteiger partial charge >= 0.3 is 5.97 Å². The largest absolute Gasteiger partial charge is 0.459 e. The lowest BCUT2D eigenvalue weighted by molar-refractivity contribution is -0.116. The van der Waals surface area contributed by atoms with Crippen molar-refractivity contribution in [2.24, 2.45) is 0 Å². The van der Waals surface area contributed by atoms with Crippen LogP contribution in [-0.2, 0) is 9.53 Å². The third-order valence-electron chi connectivity index (χ3n) is 3.94. The molecule has 1 heterocycles. The van der Waals surface area contributed by atoms with E-state index in [0.29, 0.717) is 17.0 Å². The zero-order valence-electron chi connectivity index (χ0n) is 15.7. The Morgan fingerprint density at radius 3 is 2.33 bits per heavy atom. The number of anilines is 1. The summed E-state index contributed by atoms with van der Waals surface area (Å²) in [4.78, 5) is 25.5. The Morgan fingerprint density at radius 1 is 1.08 bits per heavy atom. The second kappa shape index (κ2) is 10.5. The lowest BCUT2D eigenvalue weighted by Gasteiger charge is -2.10. The molecule has 0 aliphatic carbocycles. The summed E-state index contributed by atoms with van der Waals surface area (Å²) >= 11 is 1.44. The van der Waals surface area contributed by atoms with E-state index in [4.69, 9.17) is 4.74 Å². The van der Waals surface area contributed by atoms with E-state index in [1.54, 1.807) is 0 Å². The first kappa shape index (κ1) is 20.7. The molecule has 0 unspecified atom stereocenters. The summed E-state index contributed by atoms with van der Waals surface area (Å²) in [6, 6.07) is 0. The second-order valence-corrected chi connectivity index (χ2v) is 7.73. The molecule has 0 fully saturated rings. The van der Waals surface area contributed by atoms with Gasteiger partial charge in [0, 0.05) is 11.3 Å². The molecule has 24 heavy (non-hydrogen) atoms. The molecule has 1 N–H and O–H groups in total. The summed E-state index contributed by atoms with van der Waals surface area (Å²) in [5, 5.41) is 3.52. The summed E-state index contributed by atoms with van der Waals surface area (Å²) in [5.41, 5.74) is 1.39. The number of ether oxygens (including phenoxy) is 1. The topological polar surface area (TPSA) is 55.4 Å². The van der Waals surface area contributed by atoms with Crippen LogP contribution < -0.4 is 5.32 Å². The number of esters is 1. The van der Waals surface area contributed by atoms with Gasteiger partial charge in [-0.05, 0) is 39.7 Å². The highest BCUT2D eigenvalue weighted by Gasteiger charge is 2.22. The van der Waals surface area contributed by atoms with Crippen molar-refractivity contribution in [3.05, 3.63) is 16.0 Å². The van der Waals surface area contributed by atoms with Crippen molar-refractivity contribution < 1.29 is 14.3 Å². The Morgan fingerprint density at radius 2 is 1.71 bits per heavy atom. The minimum atomic E-state index is -0.360. The van der Waals surface area contributed by atoms with E-state index in [1.807, 2.05) is 27.7 Å². The molecule has 1 amide bonds. The Labute approximate surface area is 150 Å². The zero-order chi connectivity index (χ0) is 18.1. The van der Waals surface area contributed by atoms with Crippen LogP contribution in [0.25, 0.3) is 0 Å². The van der Waals surface area contributed by atoms with Gasteiger partial charge < -0.3 is 10.1 Å². The van der Waals surface area contributed by atoms with Gasteiger partial charge in [-0.2, -0.15) is 0 Å². The van der Waals surface area contributed by atoms with E-state index in [0.717, 1.165) is 23.3 Å². The van der Waals surface area contributed by atoms with Crippen LogP contribution in [0.5, 0.6) is 0 Å². The van der Waals surface area contributed by atoms with Crippen molar-refractivity contribution in [2.75, 3.05) is 5.32 Å². The number of rotatable bonds is 10. The summed E-state index contributed by atoms with van der Waals surface area (Å²) < 4.78 is 5.31. The van der Waals surface area contributed by atoms with E-state index >= 15 is 0 Å². The highest BCUT2D eigenvalue weighted by Crippen LogP contribution is 2.33. The molecule has 0 aliphatic rings. The molecule has 0 aromatic carbocycles. The van der Waals surface area contributed by atoms with Gasteiger partial charge in [-0.3, -0.25) is 4.79 Å². The Balaban J connectivity index is 2.59.